The highest BCUT2D eigenvalue weighted by molar-refractivity contribution is 5.88. The second-order valence-electron chi connectivity index (χ2n) is 8.97. The average molecular weight is 358 g/mol. The fourth-order valence-corrected chi connectivity index (χ4v) is 3.36. The maximum atomic E-state index is 9.91. The Hall–Kier alpha value is -1.58. The molecule has 0 radical (unpaired) electrons. The lowest BCUT2D eigenvalue weighted by atomic mass is 9.82. The number of aliphatic hydroxyl groups excluding tert-OH is 1. The maximum absolute atomic E-state index is 9.91. The number of rotatable bonds is 8. The number of nitrogens with one attached hydrogen (secondary N) is 1. The van der Waals surface area contributed by atoms with Crippen LogP contribution in [-0.4, -0.2) is 24.5 Å². The lowest BCUT2D eigenvalue weighted by molar-refractivity contribution is 0.0949. The van der Waals surface area contributed by atoms with Crippen molar-refractivity contribution >= 4 is 10.8 Å². The molecule has 0 aliphatic rings. The molecule has 2 rings (SSSR count). The number of fused-ring (bicyclic) bond motifs is 1. The van der Waals surface area contributed by atoms with Gasteiger partial charge in [-0.3, -0.25) is 5.32 Å². The molecule has 0 heterocycles. The molecule has 3 heteroatoms. The van der Waals surface area contributed by atoms with Gasteiger partial charge < -0.3 is 9.84 Å². The molecule has 26 heavy (non-hydrogen) atoms. The highest BCUT2D eigenvalue weighted by atomic mass is 16.5. The molecular weight excluding hydrogens is 322 g/mol. The summed E-state index contributed by atoms with van der Waals surface area (Å²) in [5.41, 5.74) is 1.26. The van der Waals surface area contributed by atoms with Crippen molar-refractivity contribution in [3.8, 4) is 5.75 Å². The first-order valence-electron chi connectivity index (χ1n) is 9.70. The van der Waals surface area contributed by atoms with Crippen LogP contribution < -0.4 is 10.1 Å². The van der Waals surface area contributed by atoms with Crippen molar-refractivity contribution in [3.63, 3.8) is 0 Å². The summed E-state index contributed by atoms with van der Waals surface area (Å²) in [6, 6.07) is 12.7. The molecule has 3 nitrogen and oxygen atoms in total. The fourth-order valence-electron chi connectivity index (χ4n) is 3.36. The normalized spacial score (nSPS) is 13.8. The number of benzene rings is 2. The second-order valence-corrected chi connectivity index (χ2v) is 8.97. The zero-order valence-corrected chi connectivity index (χ0v) is 17.2. The second kappa shape index (κ2) is 8.41. The molecular formula is C23H35NO2. The Morgan fingerprint density at radius 2 is 1.73 bits per heavy atom. The zero-order chi connectivity index (χ0) is 19.4. The van der Waals surface area contributed by atoms with Gasteiger partial charge in [0.15, 0.2) is 0 Å². The summed E-state index contributed by atoms with van der Waals surface area (Å²) in [4.78, 5) is 0. The van der Waals surface area contributed by atoms with Gasteiger partial charge in [0.1, 0.15) is 12.0 Å². The molecule has 0 amide bonds. The smallest absolute Gasteiger partial charge is 0.123 e. The molecule has 2 aromatic carbocycles. The third-order valence-corrected chi connectivity index (χ3v) is 4.79. The number of ether oxygens (including phenoxy) is 1. The molecule has 0 bridgehead atoms. The van der Waals surface area contributed by atoms with Gasteiger partial charge in [0, 0.05) is 5.56 Å². The summed E-state index contributed by atoms with van der Waals surface area (Å²) in [6.45, 7) is 14.5. The molecule has 144 valence electrons. The van der Waals surface area contributed by atoms with Crippen LogP contribution >= 0.6 is 0 Å². The number of hydrogen-bond acceptors (Lipinski definition) is 3. The van der Waals surface area contributed by atoms with E-state index in [1.165, 1.54) is 16.3 Å². The Kier molecular flexibility index (Phi) is 6.70. The van der Waals surface area contributed by atoms with Gasteiger partial charge >= 0.3 is 0 Å². The quantitative estimate of drug-likeness (QED) is 0.634. The Morgan fingerprint density at radius 1 is 1.04 bits per heavy atom. The van der Waals surface area contributed by atoms with Crippen LogP contribution in [0.5, 0.6) is 5.75 Å². The van der Waals surface area contributed by atoms with Crippen LogP contribution in [0.4, 0.5) is 0 Å². The molecule has 0 fully saturated rings. The van der Waals surface area contributed by atoms with Crippen LogP contribution in [0.2, 0.25) is 0 Å². The highest BCUT2D eigenvalue weighted by Crippen LogP contribution is 2.38. The van der Waals surface area contributed by atoms with Gasteiger partial charge in [-0.15, -0.1) is 0 Å². The summed E-state index contributed by atoms with van der Waals surface area (Å²) < 4.78 is 6.33. The van der Waals surface area contributed by atoms with E-state index in [0.717, 1.165) is 25.1 Å². The van der Waals surface area contributed by atoms with Crippen LogP contribution in [0.15, 0.2) is 36.4 Å². The minimum absolute atomic E-state index is 0.00157. The predicted molar refractivity (Wildman–Crippen MR) is 111 cm³/mol. The van der Waals surface area contributed by atoms with E-state index in [2.05, 4.69) is 76.3 Å². The van der Waals surface area contributed by atoms with Gasteiger partial charge in [-0.25, -0.2) is 0 Å². The van der Waals surface area contributed by atoms with Crippen molar-refractivity contribution in [1.82, 2.24) is 5.32 Å². The van der Waals surface area contributed by atoms with Gasteiger partial charge in [-0.1, -0.05) is 71.9 Å². The first kappa shape index (κ1) is 20.7. The largest absolute Gasteiger partial charge is 0.493 e. The van der Waals surface area contributed by atoms with Crippen LogP contribution in [0.25, 0.3) is 10.8 Å². The summed E-state index contributed by atoms with van der Waals surface area (Å²) in [6.07, 6.45) is 1.19. The van der Waals surface area contributed by atoms with E-state index in [1.807, 2.05) is 6.92 Å². The minimum Gasteiger partial charge on any atom is -0.493 e. The molecule has 2 aromatic rings. The van der Waals surface area contributed by atoms with Crippen molar-refractivity contribution in [3.05, 3.63) is 42.0 Å². The van der Waals surface area contributed by atoms with Gasteiger partial charge in [0.25, 0.3) is 0 Å². The van der Waals surface area contributed by atoms with Gasteiger partial charge in [0.2, 0.25) is 0 Å². The summed E-state index contributed by atoms with van der Waals surface area (Å²) in [5.74, 6) is 0.969. The van der Waals surface area contributed by atoms with E-state index in [4.69, 9.17) is 4.74 Å². The van der Waals surface area contributed by atoms with E-state index >= 15 is 0 Å². The minimum atomic E-state index is -0.440. The van der Waals surface area contributed by atoms with E-state index in [1.54, 1.807) is 0 Å². The number of aliphatic hydroxyl groups is 1. The molecule has 2 N–H and O–H groups in total. The van der Waals surface area contributed by atoms with E-state index in [0.29, 0.717) is 6.61 Å². The molecule has 0 aliphatic carbocycles. The molecule has 0 spiro atoms. The standard InChI is InChI=1S/C23H35NO2/c1-7-24-20(25)14-15-23(5,6)16-26-19-13-12-17-10-8-9-11-18(17)21(19)22(2,3)4/h8-13,20,24-25H,7,14-16H2,1-6H3. The Balaban J connectivity index is 2.17. The van der Waals surface area contributed by atoms with Crippen molar-refractivity contribution < 1.29 is 9.84 Å². The molecule has 1 unspecified atom stereocenters. The molecule has 0 saturated carbocycles. The SMILES string of the molecule is CCNC(O)CCC(C)(C)COc1ccc2ccccc2c1C(C)(C)C. The third kappa shape index (κ3) is 5.46. The third-order valence-electron chi connectivity index (χ3n) is 4.79. The van der Waals surface area contributed by atoms with Crippen LogP contribution in [0.3, 0.4) is 0 Å². The summed E-state index contributed by atoms with van der Waals surface area (Å²) in [7, 11) is 0. The van der Waals surface area contributed by atoms with Crippen molar-refractivity contribution in [2.24, 2.45) is 5.41 Å². The number of hydrogen-bond donors (Lipinski definition) is 2. The maximum Gasteiger partial charge on any atom is 0.123 e. The molecule has 0 aromatic heterocycles. The van der Waals surface area contributed by atoms with Crippen LogP contribution in [-0.2, 0) is 5.41 Å². The Bertz CT molecular complexity index is 716. The zero-order valence-electron chi connectivity index (χ0n) is 17.2. The average Bonchev–Trinajstić information content (AvgIpc) is 2.57. The first-order valence-corrected chi connectivity index (χ1v) is 9.70. The van der Waals surface area contributed by atoms with Gasteiger partial charge in [0.05, 0.1) is 6.61 Å². The topological polar surface area (TPSA) is 41.5 Å². The predicted octanol–water partition coefficient (Wildman–Crippen LogP) is 5.25. The molecule has 1 atom stereocenters. The lowest BCUT2D eigenvalue weighted by Crippen LogP contribution is -2.31. The van der Waals surface area contributed by atoms with Crippen molar-refractivity contribution in [2.45, 2.75) is 66.0 Å². The van der Waals surface area contributed by atoms with E-state index < -0.39 is 6.23 Å². The monoisotopic (exact) mass is 357 g/mol. The Morgan fingerprint density at radius 3 is 2.38 bits per heavy atom. The summed E-state index contributed by atoms with van der Waals surface area (Å²) >= 11 is 0. The molecule has 0 saturated heterocycles. The van der Waals surface area contributed by atoms with Gasteiger partial charge in [-0.05, 0) is 47.1 Å². The van der Waals surface area contributed by atoms with Crippen LogP contribution in [0, 0.1) is 5.41 Å². The first-order chi connectivity index (χ1) is 12.1. The van der Waals surface area contributed by atoms with Crippen molar-refractivity contribution in [1.29, 1.82) is 0 Å². The molecule has 0 aliphatic heterocycles. The van der Waals surface area contributed by atoms with E-state index in [9.17, 15) is 5.11 Å². The fraction of sp³-hybridized carbons (Fsp3) is 0.565. The van der Waals surface area contributed by atoms with Gasteiger partial charge in [-0.2, -0.15) is 0 Å². The van der Waals surface area contributed by atoms with Crippen LogP contribution in [0.1, 0.15) is 59.9 Å². The Labute approximate surface area is 158 Å². The van der Waals surface area contributed by atoms with Crippen molar-refractivity contribution in [2.75, 3.05) is 13.2 Å². The van der Waals surface area contributed by atoms with E-state index in [-0.39, 0.29) is 10.8 Å². The lowest BCUT2D eigenvalue weighted by Gasteiger charge is -2.29. The highest BCUT2D eigenvalue weighted by Gasteiger charge is 2.25. The summed E-state index contributed by atoms with van der Waals surface area (Å²) in [5, 5.41) is 15.5.